The van der Waals surface area contributed by atoms with Crippen LogP contribution in [0, 0.1) is 13.8 Å². The molecule has 0 aliphatic carbocycles. The minimum absolute atomic E-state index is 0.249. The van der Waals surface area contributed by atoms with Crippen LogP contribution in [0.3, 0.4) is 0 Å². The third-order valence-electron chi connectivity index (χ3n) is 4.78. The van der Waals surface area contributed by atoms with E-state index in [0.717, 1.165) is 49.5 Å². The van der Waals surface area contributed by atoms with Crippen molar-refractivity contribution in [1.29, 1.82) is 0 Å². The van der Waals surface area contributed by atoms with Gasteiger partial charge in [0.1, 0.15) is 5.82 Å². The van der Waals surface area contributed by atoms with E-state index >= 15 is 0 Å². The number of carbonyl (C=O) groups excluding carboxylic acids is 1. The van der Waals surface area contributed by atoms with Crippen LogP contribution < -0.4 is 5.32 Å². The number of piperazine rings is 1. The molecule has 0 bridgehead atoms. The van der Waals surface area contributed by atoms with Crippen LogP contribution in [0.4, 0.5) is 0 Å². The maximum Gasteiger partial charge on any atom is 0.224 e. The average molecular weight is 314 g/mol. The highest BCUT2D eigenvalue weighted by Gasteiger charge is 2.17. The van der Waals surface area contributed by atoms with Crippen molar-refractivity contribution in [2.24, 2.45) is 0 Å². The largest absolute Gasteiger partial charge is 0.340 e. The number of nitrogens with one attached hydrogen (secondary N) is 1. The second-order valence-electron chi connectivity index (χ2n) is 6.34. The van der Waals surface area contributed by atoms with Crippen LogP contribution in [0.15, 0.2) is 12.1 Å². The lowest BCUT2D eigenvalue weighted by Crippen LogP contribution is -2.46. The maximum absolute atomic E-state index is 12.4. The number of hydrogen-bond donors (Lipinski definition) is 1. The van der Waals surface area contributed by atoms with Crippen LogP contribution in [-0.2, 0) is 17.8 Å². The number of hydrogen-bond acceptors (Lipinski definition) is 3. The molecule has 1 aromatic carbocycles. The van der Waals surface area contributed by atoms with Gasteiger partial charge in [0, 0.05) is 45.6 Å². The summed E-state index contributed by atoms with van der Waals surface area (Å²) < 4.78 is 2.22. The second-order valence-corrected chi connectivity index (χ2v) is 6.34. The van der Waals surface area contributed by atoms with Crippen molar-refractivity contribution in [2.75, 3.05) is 26.2 Å². The van der Waals surface area contributed by atoms with E-state index in [2.05, 4.69) is 42.8 Å². The van der Waals surface area contributed by atoms with Crippen LogP contribution in [0.25, 0.3) is 11.0 Å². The van der Waals surface area contributed by atoms with Crippen LogP contribution in [0.1, 0.15) is 30.3 Å². The van der Waals surface area contributed by atoms with E-state index in [1.807, 2.05) is 4.90 Å². The van der Waals surface area contributed by atoms with Gasteiger partial charge in [0.15, 0.2) is 0 Å². The van der Waals surface area contributed by atoms with Gasteiger partial charge in [-0.25, -0.2) is 4.98 Å². The topological polar surface area (TPSA) is 50.2 Å². The third kappa shape index (κ3) is 3.24. The molecule has 1 aromatic heterocycles. The summed E-state index contributed by atoms with van der Waals surface area (Å²) in [5.41, 5.74) is 4.73. The van der Waals surface area contributed by atoms with Gasteiger partial charge in [0.25, 0.3) is 0 Å². The third-order valence-corrected chi connectivity index (χ3v) is 4.78. The Morgan fingerprint density at radius 1 is 1.22 bits per heavy atom. The molecule has 1 amide bonds. The Hall–Kier alpha value is -1.88. The zero-order chi connectivity index (χ0) is 16.4. The van der Waals surface area contributed by atoms with E-state index in [-0.39, 0.29) is 5.91 Å². The highest BCUT2D eigenvalue weighted by atomic mass is 16.2. The lowest BCUT2D eigenvalue weighted by atomic mass is 10.1. The average Bonchev–Trinajstić information content (AvgIpc) is 2.90. The van der Waals surface area contributed by atoms with E-state index in [0.29, 0.717) is 13.0 Å². The van der Waals surface area contributed by atoms with Gasteiger partial charge >= 0.3 is 0 Å². The number of nitrogens with zero attached hydrogens (tertiary/aromatic N) is 3. The van der Waals surface area contributed by atoms with E-state index in [9.17, 15) is 4.79 Å². The van der Waals surface area contributed by atoms with Crippen LogP contribution in [0.2, 0.25) is 0 Å². The Balaban J connectivity index is 1.81. The SMILES string of the molecule is CCc1nc2cc(C)c(C)cc2n1CCC(=O)N1CCNCC1. The molecular formula is C18H26N4O. The molecule has 0 saturated carbocycles. The molecule has 1 N–H and O–H groups in total. The molecular weight excluding hydrogens is 288 g/mol. The normalized spacial score (nSPS) is 15.3. The Bertz CT molecular complexity index is 713. The van der Waals surface area contributed by atoms with Crippen LogP contribution in [0.5, 0.6) is 0 Å². The molecule has 0 unspecified atom stereocenters. The zero-order valence-electron chi connectivity index (χ0n) is 14.4. The van der Waals surface area contributed by atoms with Gasteiger partial charge in [-0.15, -0.1) is 0 Å². The highest BCUT2D eigenvalue weighted by Crippen LogP contribution is 2.21. The highest BCUT2D eigenvalue weighted by molar-refractivity contribution is 5.79. The number of aryl methyl sites for hydroxylation is 4. The molecule has 1 aliphatic rings. The smallest absolute Gasteiger partial charge is 0.224 e. The van der Waals surface area contributed by atoms with E-state index in [1.165, 1.54) is 11.1 Å². The number of carbonyl (C=O) groups is 1. The number of fused-ring (bicyclic) bond motifs is 1. The fourth-order valence-corrected chi connectivity index (χ4v) is 3.23. The van der Waals surface area contributed by atoms with Gasteiger partial charge in [-0.2, -0.15) is 0 Å². The number of rotatable bonds is 4. The van der Waals surface area contributed by atoms with Crippen molar-refractivity contribution in [2.45, 2.75) is 40.2 Å². The van der Waals surface area contributed by atoms with Gasteiger partial charge < -0.3 is 14.8 Å². The summed E-state index contributed by atoms with van der Waals surface area (Å²) in [5.74, 6) is 1.32. The first kappa shape index (κ1) is 16.0. The molecule has 2 heterocycles. The van der Waals surface area contributed by atoms with Gasteiger partial charge in [-0.1, -0.05) is 6.92 Å². The van der Waals surface area contributed by atoms with Crippen molar-refractivity contribution >= 4 is 16.9 Å². The van der Waals surface area contributed by atoms with Crippen LogP contribution in [-0.4, -0.2) is 46.5 Å². The molecule has 1 aliphatic heterocycles. The predicted molar refractivity (Wildman–Crippen MR) is 92.7 cm³/mol. The molecule has 0 spiro atoms. The Labute approximate surface area is 137 Å². The van der Waals surface area contributed by atoms with E-state index in [4.69, 9.17) is 4.98 Å². The summed E-state index contributed by atoms with van der Waals surface area (Å²) in [6.45, 7) is 10.5. The second kappa shape index (κ2) is 6.71. The quantitative estimate of drug-likeness (QED) is 0.939. The number of benzene rings is 1. The number of aromatic nitrogens is 2. The Morgan fingerprint density at radius 3 is 2.61 bits per heavy atom. The summed E-state index contributed by atoms with van der Waals surface area (Å²) in [6, 6.07) is 4.35. The minimum Gasteiger partial charge on any atom is -0.340 e. The fraction of sp³-hybridized carbons (Fsp3) is 0.556. The predicted octanol–water partition coefficient (Wildman–Crippen LogP) is 2.04. The lowest BCUT2D eigenvalue weighted by Gasteiger charge is -2.27. The Morgan fingerprint density at radius 2 is 1.91 bits per heavy atom. The maximum atomic E-state index is 12.4. The molecule has 23 heavy (non-hydrogen) atoms. The molecule has 0 radical (unpaired) electrons. The van der Waals surface area contributed by atoms with Crippen LogP contribution >= 0.6 is 0 Å². The summed E-state index contributed by atoms with van der Waals surface area (Å²) in [5, 5.41) is 3.28. The number of imidazole rings is 1. The zero-order valence-corrected chi connectivity index (χ0v) is 14.4. The monoisotopic (exact) mass is 314 g/mol. The summed E-state index contributed by atoms with van der Waals surface area (Å²) in [6.07, 6.45) is 1.43. The molecule has 2 aromatic rings. The molecule has 1 fully saturated rings. The molecule has 1 saturated heterocycles. The van der Waals surface area contributed by atoms with E-state index in [1.54, 1.807) is 0 Å². The molecule has 3 rings (SSSR count). The van der Waals surface area contributed by atoms with E-state index < -0.39 is 0 Å². The molecule has 5 heteroatoms. The summed E-state index contributed by atoms with van der Waals surface area (Å²) in [4.78, 5) is 19.1. The first-order valence-electron chi connectivity index (χ1n) is 8.55. The van der Waals surface area contributed by atoms with Gasteiger partial charge in [-0.05, 0) is 37.1 Å². The van der Waals surface area contributed by atoms with Gasteiger partial charge in [0.2, 0.25) is 5.91 Å². The van der Waals surface area contributed by atoms with Crippen molar-refractivity contribution in [3.63, 3.8) is 0 Å². The lowest BCUT2D eigenvalue weighted by molar-refractivity contribution is -0.131. The van der Waals surface area contributed by atoms with Crippen molar-refractivity contribution in [1.82, 2.24) is 19.8 Å². The van der Waals surface area contributed by atoms with Crippen molar-refractivity contribution < 1.29 is 4.79 Å². The number of amides is 1. The molecule has 0 atom stereocenters. The minimum atomic E-state index is 0.249. The van der Waals surface area contributed by atoms with Crippen molar-refractivity contribution in [3.8, 4) is 0 Å². The summed E-state index contributed by atoms with van der Waals surface area (Å²) in [7, 11) is 0. The molecule has 124 valence electrons. The van der Waals surface area contributed by atoms with Gasteiger partial charge in [0.05, 0.1) is 11.0 Å². The van der Waals surface area contributed by atoms with Crippen molar-refractivity contribution in [3.05, 3.63) is 29.1 Å². The standard InChI is InChI=1S/C18H26N4O/c1-4-17-20-15-11-13(2)14(3)12-16(15)22(17)8-5-18(23)21-9-6-19-7-10-21/h11-12,19H,4-10H2,1-3H3. The first-order valence-corrected chi connectivity index (χ1v) is 8.55. The fourth-order valence-electron chi connectivity index (χ4n) is 3.23. The molecule has 5 nitrogen and oxygen atoms in total. The first-order chi connectivity index (χ1) is 11.1. The van der Waals surface area contributed by atoms with Gasteiger partial charge in [-0.3, -0.25) is 4.79 Å². The summed E-state index contributed by atoms with van der Waals surface area (Å²) >= 11 is 0. The Kier molecular flexibility index (Phi) is 4.66.